The molecule has 0 amide bonds. The lowest BCUT2D eigenvalue weighted by atomic mass is 9.98. The summed E-state index contributed by atoms with van der Waals surface area (Å²) < 4.78 is 27.2. The fourth-order valence-corrected chi connectivity index (χ4v) is 4.14. The topological polar surface area (TPSA) is 118 Å². The second-order valence-electron chi connectivity index (χ2n) is 8.25. The van der Waals surface area contributed by atoms with Gasteiger partial charge >= 0.3 is 23.9 Å². The van der Waals surface area contributed by atoms with Crippen molar-refractivity contribution in [3.8, 4) is 11.5 Å². The lowest BCUT2D eigenvalue weighted by molar-refractivity contribution is -0.144. The van der Waals surface area contributed by atoms with Crippen LogP contribution in [0.5, 0.6) is 11.5 Å². The molecule has 184 valence electrons. The first kappa shape index (κ1) is 25.7. The summed E-state index contributed by atoms with van der Waals surface area (Å²) in [6.07, 6.45) is 4.26. The molecule has 1 aromatic carbocycles. The van der Waals surface area contributed by atoms with Gasteiger partial charge in [-0.05, 0) is 31.4 Å². The van der Waals surface area contributed by atoms with Crippen LogP contribution in [-0.2, 0) is 35.0 Å². The number of rotatable bonds is 3. The van der Waals surface area contributed by atoms with E-state index in [2.05, 4.69) is 0 Å². The summed E-state index contributed by atoms with van der Waals surface area (Å²) in [6.45, 7) is 5.35. The molecule has 2 aliphatic rings. The maximum Gasteiger partial charge on any atom is 0.342 e. The third-order valence-electron chi connectivity index (χ3n) is 5.25. The molecule has 3 rings (SSSR count). The maximum absolute atomic E-state index is 13.3. The Kier molecular flexibility index (Phi) is 8.33. The summed E-state index contributed by atoms with van der Waals surface area (Å²) in [7, 11) is 0. The van der Waals surface area contributed by atoms with Gasteiger partial charge in [-0.2, -0.15) is 0 Å². The Morgan fingerprint density at radius 3 is 2.35 bits per heavy atom. The zero-order chi connectivity index (χ0) is 25.0. The first-order valence-corrected chi connectivity index (χ1v) is 11.4. The van der Waals surface area contributed by atoms with Crippen molar-refractivity contribution in [3.05, 3.63) is 34.4 Å². The molecule has 1 aromatic rings. The minimum absolute atomic E-state index is 0.0225. The van der Waals surface area contributed by atoms with E-state index in [1.165, 1.54) is 26.8 Å². The molecule has 9 nitrogen and oxygen atoms in total. The number of ether oxygens (including phenoxy) is 5. The van der Waals surface area contributed by atoms with Crippen molar-refractivity contribution >= 4 is 35.5 Å². The average Bonchev–Trinajstić information content (AvgIpc) is 3.43. The fourth-order valence-electron chi connectivity index (χ4n) is 3.87. The van der Waals surface area contributed by atoms with Crippen molar-refractivity contribution in [2.24, 2.45) is 0 Å². The van der Waals surface area contributed by atoms with Crippen LogP contribution in [0.2, 0.25) is 5.02 Å². The Hall–Kier alpha value is -2.91. The monoisotopic (exact) mass is 494 g/mol. The highest BCUT2D eigenvalue weighted by molar-refractivity contribution is 6.33. The number of hydrogen-bond acceptors (Lipinski definition) is 9. The predicted octanol–water partition coefficient (Wildman–Crippen LogP) is 3.72. The highest BCUT2D eigenvalue weighted by atomic mass is 35.5. The highest BCUT2D eigenvalue weighted by Gasteiger charge is 2.40. The summed E-state index contributed by atoms with van der Waals surface area (Å²) in [5.41, 5.74) is 0.0428. The van der Waals surface area contributed by atoms with E-state index in [-0.39, 0.29) is 46.3 Å². The average molecular weight is 495 g/mol. The van der Waals surface area contributed by atoms with Crippen molar-refractivity contribution in [3.63, 3.8) is 0 Å². The molecule has 4 atom stereocenters. The standard InChI is InChI=1S/C24H27ClO9/c1-12-9-19-18(34-19)8-6-5-7-16(31-13(2)26)10-17-22(24(29)30-12)20(32-14(3)27)11-21(23(17)25)33-15(4)28/h5,7,11-12,16,18-19H,6,8-10H2,1-4H3/b7-5+/t12-,16+,18+,19-/m1/s1. The number of carbonyl (C=O) groups is 4. The Morgan fingerprint density at radius 2 is 1.71 bits per heavy atom. The van der Waals surface area contributed by atoms with Crippen molar-refractivity contribution in [1.29, 1.82) is 0 Å². The van der Waals surface area contributed by atoms with Gasteiger partial charge in [-0.15, -0.1) is 0 Å². The van der Waals surface area contributed by atoms with E-state index in [1.54, 1.807) is 13.0 Å². The van der Waals surface area contributed by atoms with Crippen molar-refractivity contribution < 1.29 is 42.9 Å². The summed E-state index contributed by atoms with van der Waals surface area (Å²) >= 11 is 6.55. The lowest BCUT2D eigenvalue weighted by Crippen LogP contribution is -2.23. The van der Waals surface area contributed by atoms with Crippen LogP contribution in [0.4, 0.5) is 0 Å². The third-order valence-corrected chi connectivity index (χ3v) is 5.67. The van der Waals surface area contributed by atoms with Crippen LogP contribution in [0.25, 0.3) is 0 Å². The molecule has 0 saturated carbocycles. The molecular formula is C24H27ClO9. The van der Waals surface area contributed by atoms with Crippen LogP contribution in [0, 0.1) is 0 Å². The van der Waals surface area contributed by atoms with Gasteiger partial charge in [0.2, 0.25) is 0 Å². The second kappa shape index (κ2) is 11.0. The molecule has 1 fully saturated rings. The van der Waals surface area contributed by atoms with E-state index in [0.717, 1.165) is 6.42 Å². The first-order chi connectivity index (χ1) is 16.0. The first-order valence-electron chi connectivity index (χ1n) is 11.0. The smallest absolute Gasteiger partial charge is 0.342 e. The van der Waals surface area contributed by atoms with Gasteiger partial charge in [0.15, 0.2) is 5.75 Å². The molecule has 0 spiro atoms. The minimum atomic E-state index is -0.796. The number of esters is 4. The number of hydrogen-bond donors (Lipinski definition) is 0. The van der Waals surface area contributed by atoms with E-state index in [9.17, 15) is 19.2 Å². The van der Waals surface area contributed by atoms with Crippen molar-refractivity contribution in [1.82, 2.24) is 0 Å². The molecule has 1 saturated heterocycles. The molecule has 0 aliphatic carbocycles. The van der Waals surface area contributed by atoms with E-state index < -0.39 is 36.1 Å². The molecule has 0 bridgehead atoms. The normalized spacial score (nSPS) is 25.5. The van der Waals surface area contributed by atoms with Crippen molar-refractivity contribution in [2.45, 2.75) is 77.8 Å². The summed E-state index contributed by atoms with van der Waals surface area (Å²) in [6, 6.07) is 1.19. The molecule has 0 N–H and O–H groups in total. The zero-order valence-corrected chi connectivity index (χ0v) is 20.2. The van der Waals surface area contributed by atoms with Crippen LogP contribution in [-0.4, -0.2) is 48.3 Å². The number of allylic oxidation sites excluding steroid dienone is 1. The third kappa shape index (κ3) is 6.80. The van der Waals surface area contributed by atoms with Crippen LogP contribution in [0.15, 0.2) is 18.2 Å². The summed E-state index contributed by atoms with van der Waals surface area (Å²) in [4.78, 5) is 48.4. The molecule has 0 aromatic heterocycles. The van der Waals surface area contributed by atoms with Gasteiger partial charge in [-0.1, -0.05) is 17.7 Å². The number of fused-ring (bicyclic) bond motifs is 2. The summed E-state index contributed by atoms with van der Waals surface area (Å²) in [5, 5.41) is -0.0612. The molecular weight excluding hydrogens is 468 g/mol. The van der Waals surface area contributed by atoms with E-state index in [4.69, 9.17) is 35.3 Å². The van der Waals surface area contributed by atoms with Gasteiger partial charge in [0.05, 0.1) is 17.2 Å². The van der Waals surface area contributed by atoms with Crippen molar-refractivity contribution in [2.75, 3.05) is 0 Å². The highest BCUT2D eigenvalue weighted by Crippen LogP contribution is 2.40. The van der Waals surface area contributed by atoms with Gasteiger partial charge in [0.1, 0.15) is 23.5 Å². The maximum atomic E-state index is 13.3. The number of carbonyl (C=O) groups excluding carboxylic acids is 4. The number of benzene rings is 1. The summed E-state index contributed by atoms with van der Waals surface area (Å²) in [5.74, 6) is -2.97. The quantitative estimate of drug-likeness (QED) is 0.268. The van der Waals surface area contributed by atoms with Gasteiger partial charge in [-0.25, -0.2) is 4.79 Å². The lowest BCUT2D eigenvalue weighted by Gasteiger charge is -2.22. The van der Waals surface area contributed by atoms with Gasteiger partial charge in [-0.3, -0.25) is 14.4 Å². The van der Waals surface area contributed by atoms with E-state index >= 15 is 0 Å². The molecule has 34 heavy (non-hydrogen) atoms. The second-order valence-corrected chi connectivity index (χ2v) is 8.63. The number of halogens is 1. The Labute approximate surface area is 202 Å². The van der Waals surface area contributed by atoms with Crippen LogP contribution in [0.3, 0.4) is 0 Å². The van der Waals surface area contributed by atoms with Gasteiger partial charge in [0.25, 0.3) is 0 Å². The number of epoxide rings is 1. The Morgan fingerprint density at radius 1 is 1.03 bits per heavy atom. The minimum Gasteiger partial charge on any atom is -0.459 e. The fraction of sp³-hybridized carbons (Fsp3) is 0.500. The Balaban J connectivity index is 2.14. The largest absolute Gasteiger partial charge is 0.459 e. The van der Waals surface area contributed by atoms with Crippen LogP contribution < -0.4 is 9.47 Å². The van der Waals surface area contributed by atoms with E-state index in [0.29, 0.717) is 12.8 Å². The van der Waals surface area contributed by atoms with Gasteiger partial charge < -0.3 is 23.7 Å². The molecule has 2 aliphatic heterocycles. The van der Waals surface area contributed by atoms with E-state index in [1.807, 2.05) is 6.08 Å². The molecule has 2 heterocycles. The van der Waals surface area contributed by atoms with Gasteiger partial charge in [0, 0.05) is 39.7 Å². The molecule has 0 radical (unpaired) electrons. The predicted molar refractivity (Wildman–Crippen MR) is 120 cm³/mol. The van der Waals surface area contributed by atoms with Crippen LogP contribution in [0.1, 0.15) is 62.9 Å². The molecule has 0 unspecified atom stereocenters. The SMILES string of the molecule is CC(=O)Oc1cc(OC(C)=O)c2c(c1Cl)C[C@@H](OC(C)=O)/C=C/CC[C@@H]1O[C@@H]1C[C@@H](C)OC2=O. The van der Waals surface area contributed by atoms with Crippen LogP contribution >= 0.6 is 11.6 Å². The Bertz CT molecular complexity index is 1020. The molecule has 10 heteroatoms. The zero-order valence-electron chi connectivity index (χ0n) is 19.4. The number of cyclic esters (lactones) is 1.